The molecule has 0 aliphatic heterocycles. The molecule has 1 aromatic carbocycles. The zero-order valence-corrected chi connectivity index (χ0v) is 9.44. The van der Waals surface area contributed by atoms with Crippen molar-refractivity contribution in [3.63, 3.8) is 0 Å². The quantitative estimate of drug-likeness (QED) is 0.576. The maximum Gasteiger partial charge on any atom is 0.146 e. The second-order valence-corrected chi connectivity index (χ2v) is 3.56. The van der Waals surface area contributed by atoms with E-state index in [1.165, 1.54) is 0 Å². The van der Waals surface area contributed by atoms with Crippen LogP contribution in [0, 0.1) is 0 Å². The SMILES string of the molecule is COCOCCc1cccc(Cl)c1Cl. The van der Waals surface area contributed by atoms with Crippen molar-refractivity contribution in [2.75, 3.05) is 20.5 Å². The van der Waals surface area contributed by atoms with Gasteiger partial charge in [0.2, 0.25) is 0 Å². The fraction of sp³-hybridized carbons (Fsp3) is 0.400. The summed E-state index contributed by atoms with van der Waals surface area (Å²) in [6, 6.07) is 5.58. The van der Waals surface area contributed by atoms with E-state index in [0.29, 0.717) is 23.4 Å². The van der Waals surface area contributed by atoms with Crippen LogP contribution in [-0.2, 0) is 15.9 Å². The van der Waals surface area contributed by atoms with Crippen molar-refractivity contribution in [1.29, 1.82) is 0 Å². The van der Waals surface area contributed by atoms with Crippen molar-refractivity contribution in [2.24, 2.45) is 0 Å². The minimum Gasteiger partial charge on any atom is -0.359 e. The van der Waals surface area contributed by atoms with Crippen LogP contribution in [0.4, 0.5) is 0 Å². The Morgan fingerprint density at radius 1 is 1.29 bits per heavy atom. The van der Waals surface area contributed by atoms with Gasteiger partial charge in [-0.15, -0.1) is 0 Å². The highest BCUT2D eigenvalue weighted by Crippen LogP contribution is 2.25. The van der Waals surface area contributed by atoms with E-state index in [4.69, 9.17) is 32.7 Å². The molecule has 1 rings (SSSR count). The molecule has 0 spiro atoms. The van der Waals surface area contributed by atoms with Gasteiger partial charge in [0.1, 0.15) is 6.79 Å². The van der Waals surface area contributed by atoms with E-state index in [0.717, 1.165) is 12.0 Å². The Labute approximate surface area is 93.7 Å². The summed E-state index contributed by atoms with van der Waals surface area (Å²) in [5, 5.41) is 1.19. The summed E-state index contributed by atoms with van der Waals surface area (Å²) in [7, 11) is 1.59. The molecule has 0 aromatic heterocycles. The summed E-state index contributed by atoms with van der Waals surface area (Å²) in [5.74, 6) is 0. The summed E-state index contributed by atoms with van der Waals surface area (Å²) in [6.07, 6.45) is 0.739. The van der Waals surface area contributed by atoms with Crippen LogP contribution >= 0.6 is 23.2 Å². The molecule has 0 unspecified atom stereocenters. The molecular formula is C10H12Cl2O2. The van der Waals surface area contributed by atoms with Gasteiger partial charge in [0.15, 0.2) is 0 Å². The maximum atomic E-state index is 5.99. The van der Waals surface area contributed by atoms with Gasteiger partial charge in [0.05, 0.1) is 16.7 Å². The minimum absolute atomic E-state index is 0.304. The first-order chi connectivity index (χ1) is 6.75. The largest absolute Gasteiger partial charge is 0.359 e. The zero-order valence-electron chi connectivity index (χ0n) is 7.93. The molecule has 78 valence electrons. The minimum atomic E-state index is 0.304. The van der Waals surface area contributed by atoms with E-state index in [9.17, 15) is 0 Å². The van der Waals surface area contributed by atoms with E-state index in [1.54, 1.807) is 13.2 Å². The Kier molecular flexibility index (Phi) is 5.26. The fourth-order valence-corrected chi connectivity index (χ4v) is 1.48. The van der Waals surface area contributed by atoms with E-state index < -0.39 is 0 Å². The third-order valence-electron chi connectivity index (χ3n) is 1.75. The van der Waals surface area contributed by atoms with E-state index in [1.807, 2.05) is 12.1 Å². The molecule has 0 atom stereocenters. The second kappa shape index (κ2) is 6.25. The number of methoxy groups -OCH3 is 1. The van der Waals surface area contributed by atoms with Gasteiger partial charge in [0.25, 0.3) is 0 Å². The van der Waals surface area contributed by atoms with Crippen LogP contribution in [0.25, 0.3) is 0 Å². The van der Waals surface area contributed by atoms with Crippen molar-refractivity contribution in [3.05, 3.63) is 33.8 Å². The molecule has 0 N–H and O–H groups in total. The fourth-order valence-electron chi connectivity index (χ4n) is 1.07. The molecule has 0 saturated heterocycles. The highest BCUT2D eigenvalue weighted by molar-refractivity contribution is 6.42. The average Bonchev–Trinajstić information content (AvgIpc) is 2.19. The topological polar surface area (TPSA) is 18.5 Å². The number of hydrogen-bond donors (Lipinski definition) is 0. The van der Waals surface area contributed by atoms with E-state index >= 15 is 0 Å². The van der Waals surface area contributed by atoms with Gasteiger partial charge in [-0.1, -0.05) is 35.3 Å². The lowest BCUT2D eigenvalue weighted by molar-refractivity contribution is -0.0291. The van der Waals surface area contributed by atoms with Crippen molar-refractivity contribution in [2.45, 2.75) is 6.42 Å². The number of benzene rings is 1. The summed E-state index contributed by atoms with van der Waals surface area (Å²) in [5.41, 5.74) is 0.996. The molecule has 4 heteroatoms. The molecule has 0 bridgehead atoms. The molecule has 0 radical (unpaired) electrons. The van der Waals surface area contributed by atoms with E-state index in [2.05, 4.69) is 0 Å². The molecular weight excluding hydrogens is 223 g/mol. The lowest BCUT2D eigenvalue weighted by atomic mass is 10.2. The summed E-state index contributed by atoms with van der Waals surface area (Å²) in [6.45, 7) is 0.881. The monoisotopic (exact) mass is 234 g/mol. The number of rotatable bonds is 5. The van der Waals surface area contributed by atoms with Crippen molar-refractivity contribution >= 4 is 23.2 Å². The Balaban J connectivity index is 2.46. The second-order valence-electron chi connectivity index (χ2n) is 2.78. The molecule has 0 heterocycles. The Bertz CT molecular complexity index is 289. The Hall–Kier alpha value is -0.280. The molecule has 0 amide bonds. The summed E-state index contributed by atoms with van der Waals surface area (Å²) >= 11 is 11.8. The van der Waals surface area contributed by atoms with Crippen LogP contribution in [0.15, 0.2) is 18.2 Å². The standard InChI is InChI=1S/C10H12Cl2O2/c1-13-7-14-6-5-8-3-2-4-9(11)10(8)12/h2-4H,5-7H2,1H3. The van der Waals surface area contributed by atoms with Gasteiger partial charge < -0.3 is 9.47 Å². The number of halogens is 2. The smallest absolute Gasteiger partial charge is 0.146 e. The van der Waals surface area contributed by atoms with Gasteiger partial charge in [-0.05, 0) is 18.1 Å². The number of hydrogen-bond acceptors (Lipinski definition) is 2. The Morgan fingerprint density at radius 2 is 2.07 bits per heavy atom. The van der Waals surface area contributed by atoms with Crippen molar-refractivity contribution in [3.8, 4) is 0 Å². The molecule has 0 saturated carbocycles. The van der Waals surface area contributed by atoms with Crippen molar-refractivity contribution < 1.29 is 9.47 Å². The predicted octanol–water partition coefficient (Wildman–Crippen LogP) is 3.16. The van der Waals surface area contributed by atoms with Crippen LogP contribution < -0.4 is 0 Å². The third kappa shape index (κ3) is 3.46. The van der Waals surface area contributed by atoms with Crippen LogP contribution in [0.5, 0.6) is 0 Å². The van der Waals surface area contributed by atoms with Crippen molar-refractivity contribution in [1.82, 2.24) is 0 Å². The molecule has 0 fully saturated rings. The molecule has 0 aliphatic carbocycles. The average molecular weight is 235 g/mol. The molecule has 2 nitrogen and oxygen atoms in total. The maximum absolute atomic E-state index is 5.99. The van der Waals surface area contributed by atoms with E-state index in [-0.39, 0.29) is 0 Å². The lowest BCUT2D eigenvalue weighted by Crippen LogP contribution is -2.01. The summed E-state index contributed by atoms with van der Waals surface area (Å²) in [4.78, 5) is 0. The van der Waals surface area contributed by atoms with Gasteiger partial charge >= 0.3 is 0 Å². The van der Waals surface area contributed by atoms with Gasteiger partial charge in [-0.3, -0.25) is 0 Å². The molecule has 1 aromatic rings. The van der Waals surface area contributed by atoms with Gasteiger partial charge in [-0.2, -0.15) is 0 Å². The van der Waals surface area contributed by atoms with Crippen LogP contribution in [0.2, 0.25) is 10.0 Å². The highest BCUT2D eigenvalue weighted by atomic mass is 35.5. The molecule has 0 aliphatic rings. The summed E-state index contributed by atoms with van der Waals surface area (Å²) < 4.78 is 9.91. The first kappa shape index (κ1) is 11.8. The Morgan fingerprint density at radius 3 is 2.79 bits per heavy atom. The van der Waals surface area contributed by atoms with Gasteiger partial charge in [-0.25, -0.2) is 0 Å². The molecule has 14 heavy (non-hydrogen) atoms. The normalized spacial score (nSPS) is 10.5. The first-order valence-electron chi connectivity index (χ1n) is 4.25. The lowest BCUT2D eigenvalue weighted by Gasteiger charge is -2.05. The van der Waals surface area contributed by atoms with Crippen LogP contribution in [0.3, 0.4) is 0 Å². The number of ether oxygens (including phenoxy) is 2. The van der Waals surface area contributed by atoms with Crippen LogP contribution in [0.1, 0.15) is 5.56 Å². The highest BCUT2D eigenvalue weighted by Gasteiger charge is 2.03. The third-order valence-corrected chi connectivity index (χ3v) is 2.61. The predicted molar refractivity (Wildman–Crippen MR) is 58.0 cm³/mol. The van der Waals surface area contributed by atoms with Crippen LogP contribution in [-0.4, -0.2) is 20.5 Å². The van der Waals surface area contributed by atoms with Gasteiger partial charge in [0, 0.05) is 7.11 Å². The zero-order chi connectivity index (χ0) is 10.4. The first-order valence-corrected chi connectivity index (χ1v) is 5.01.